The second-order valence-corrected chi connectivity index (χ2v) is 9.72. The summed E-state index contributed by atoms with van der Waals surface area (Å²) in [4.78, 5) is 17.5. The predicted octanol–water partition coefficient (Wildman–Crippen LogP) is 2.25. The van der Waals surface area contributed by atoms with Crippen molar-refractivity contribution in [3.8, 4) is 0 Å². The molecule has 7 nitrogen and oxygen atoms in total. The normalized spacial score (nSPS) is 20.1. The molecule has 1 amide bonds. The number of rotatable bonds is 5. The number of pyridine rings is 1. The van der Waals surface area contributed by atoms with Crippen LogP contribution in [0.5, 0.6) is 0 Å². The van der Waals surface area contributed by atoms with E-state index in [1.807, 2.05) is 35.7 Å². The minimum absolute atomic E-state index is 0.0348. The van der Waals surface area contributed by atoms with E-state index >= 15 is 0 Å². The van der Waals surface area contributed by atoms with Gasteiger partial charge in [0.05, 0.1) is 11.8 Å². The first kappa shape index (κ1) is 19.8. The summed E-state index contributed by atoms with van der Waals surface area (Å²) in [7, 11) is -3.24. The fourth-order valence-corrected chi connectivity index (χ4v) is 4.32. The molecular weight excluding hydrogens is 364 g/mol. The van der Waals surface area contributed by atoms with Crippen LogP contribution in [-0.4, -0.2) is 53.4 Å². The first-order chi connectivity index (χ1) is 12.7. The van der Waals surface area contributed by atoms with Gasteiger partial charge in [0, 0.05) is 31.2 Å². The molecule has 0 aromatic carbocycles. The molecular formula is C19H28N4O3S. The molecule has 0 bridgehead atoms. The zero-order chi connectivity index (χ0) is 19.8. The largest absolute Gasteiger partial charge is 0.348 e. The molecule has 0 saturated carbocycles. The number of nitrogens with zero attached hydrogens (tertiary/aromatic N) is 3. The van der Waals surface area contributed by atoms with Gasteiger partial charge >= 0.3 is 0 Å². The Hall–Kier alpha value is -1.93. The fourth-order valence-electron chi connectivity index (χ4n) is 3.41. The van der Waals surface area contributed by atoms with E-state index < -0.39 is 10.0 Å². The number of aromatic nitrogens is 2. The maximum atomic E-state index is 12.8. The second-order valence-electron chi connectivity index (χ2n) is 7.74. The van der Waals surface area contributed by atoms with Gasteiger partial charge in [-0.2, -0.15) is 0 Å². The Morgan fingerprint density at radius 3 is 2.70 bits per heavy atom. The zero-order valence-corrected chi connectivity index (χ0v) is 17.2. The summed E-state index contributed by atoms with van der Waals surface area (Å²) in [6, 6.07) is 5.69. The average Bonchev–Trinajstić information content (AvgIpc) is 3.01. The summed E-state index contributed by atoms with van der Waals surface area (Å²) in [5, 5.41) is 3.02. The van der Waals surface area contributed by atoms with Gasteiger partial charge in [0.15, 0.2) is 5.69 Å². The molecule has 148 valence electrons. The molecule has 3 rings (SSSR count). The van der Waals surface area contributed by atoms with Gasteiger partial charge in [-0.1, -0.05) is 19.9 Å². The van der Waals surface area contributed by atoms with Gasteiger partial charge in [0.1, 0.15) is 5.82 Å². The van der Waals surface area contributed by atoms with Crippen molar-refractivity contribution in [2.75, 3.05) is 19.3 Å². The minimum atomic E-state index is -3.24. The second kappa shape index (κ2) is 7.59. The molecule has 0 spiro atoms. The highest BCUT2D eigenvalue weighted by Crippen LogP contribution is 2.29. The SMILES string of the molecule is CC(C)[C@H](C)NC(=O)c1nc([C@H]2CCCN(S(C)(=O)=O)C2)n2ccccc12. The average molecular weight is 393 g/mol. The molecule has 0 radical (unpaired) electrons. The Labute approximate surface area is 160 Å². The van der Waals surface area contributed by atoms with Crippen LogP contribution in [0.15, 0.2) is 24.4 Å². The first-order valence-electron chi connectivity index (χ1n) is 9.41. The summed E-state index contributed by atoms with van der Waals surface area (Å²) in [6.07, 6.45) is 4.76. The summed E-state index contributed by atoms with van der Waals surface area (Å²) < 4.78 is 27.3. The number of hydrogen-bond acceptors (Lipinski definition) is 4. The summed E-state index contributed by atoms with van der Waals surface area (Å²) >= 11 is 0. The molecule has 2 atom stereocenters. The van der Waals surface area contributed by atoms with E-state index in [4.69, 9.17) is 0 Å². The van der Waals surface area contributed by atoms with Crippen LogP contribution < -0.4 is 5.32 Å². The zero-order valence-electron chi connectivity index (χ0n) is 16.3. The third-order valence-electron chi connectivity index (χ3n) is 5.37. The van der Waals surface area contributed by atoms with Crippen molar-refractivity contribution in [3.05, 3.63) is 35.9 Å². The number of imidazole rings is 1. The van der Waals surface area contributed by atoms with E-state index in [1.54, 1.807) is 0 Å². The van der Waals surface area contributed by atoms with Gasteiger partial charge in [-0.3, -0.25) is 4.79 Å². The third-order valence-corrected chi connectivity index (χ3v) is 6.64. The van der Waals surface area contributed by atoms with Gasteiger partial charge in [-0.05, 0) is 37.8 Å². The topological polar surface area (TPSA) is 83.8 Å². The Balaban J connectivity index is 1.96. The summed E-state index contributed by atoms with van der Waals surface area (Å²) in [6.45, 7) is 7.04. The van der Waals surface area contributed by atoms with Gasteiger partial charge in [-0.25, -0.2) is 17.7 Å². The van der Waals surface area contributed by atoms with Crippen LogP contribution in [-0.2, 0) is 10.0 Å². The van der Waals surface area contributed by atoms with Crippen LogP contribution in [0.2, 0.25) is 0 Å². The van der Waals surface area contributed by atoms with Crippen LogP contribution in [0.1, 0.15) is 55.8 Å². The van der Waals surface area contributed by atoms with E-state index in [0.717, 1.165) is 24.2 Å². The highest BCUT2D eigenvalue weighted by Gasteiger charge is 2.31. The van der Waals surface area contributed by atoms with Crippen molar-refractivity contribution in [2.45, 2.75) is 45.6 Å². The maximum absolute atomic E-state index is 12.8. The number of hydrogen-bond donors (Lipinski definition) is 1. The van der Waals surface area contributed by atoms with E-state index in [-0.39, 0.29) is 17.9 Å². The van der Waals surface area contributed by atoms with Crippen LogP contribution in [0.25, 0.3) is 5.52 Å². The highest BCUT2D eigenvalue weighted by atomic mass is 32.2. The van der Waals surface area contributed by atoms with Crippen molar-refractivity contribution in [3.63, 3.8) is 0 Å². The molecule has 27 heavy (non-hydrogen) atoms. The van der Waals surface area contributed by atoms with Gasteiger partial charge in [-0.15, -0.1) is 0 Å². The summed E-state index contributed by atoms with van der Waals surface area (Å²) in [5.41, 5.74) is 1.15. The number of nitrogens with one attached hydrogen (secondary N) is 1. The van der Waals surface area contributed by atoms with Crippen LogP contribution in [0.4, 0.5) is 0 Å². The van der Waals surface area contributed by atoms with Crippen molar-refractivity contribution in [1.82, 2.24) is 19.0 Å². The van der Waals surface area contributed by atoms with Crippen LogP contribution >= 0.6 is 0 Å². The molecule has 1 N–H and O–H groups in total. The quantitative estimate of drug-likeness (QED) is 0.846. The molecule has 1 aliphatic heterocycles. The number of fused-ring (bicyclic) bond motifs is 1. The molecule has 3 heterocycles. The Bertz CT molecular complexity index is 936. The first-order valence-corrected chi connectivity index (χ1v) is 11.3. The van der Waals surface area contributed by atoms with Crippen LogP contribution in [0.3, 0.4) is 0 Å². The van der Waals surface area contributed by atoms with E-state index in [1.165, 1.54) is 10.6 Å². The van der Waals surface area contributed by atoms with E-state index in [2.05, 4.69) is 24.1 Å². The lowest BCUT2D eigenvalue weighted by Gasteiger charge is -2.30. The molecule has 1 aliphatic rings. The third kappa shape index (κ3) is 4.16. The van der Waals surface area contributed by atoms with Crippen molar-refractivity contribution in [2.24, 2.45) is 5.92 Å². The van der Waals surface area contributed by atoms with Crippen molar-refractivity contribution in [1.29, 1.82) is 0 Å². The Morgan fingerprint density at radius 1 is 1.30 bits per heavy atom. The lowest BCUT2D eigenvalue weighted by atomic mass is 9.99. The van der Waals surface area contributed by atoms with Gasteiger partial charge in [0.25, 0.3) is 5.91 Å². The molecule has 2 aromatic rings. The molecule has 1 fully saturated rings. The van der Waals surface area contributed by atoms with E-state index in [9.17, 15) is 13.2 Å². The Morgan fingerprint density at radius 2 is 2.04 bits per heavy atom. The lowest BCUT2D eigenvalue weighted by molar-refractivity contribution is 0.0927. The number of piperidine rings is 1. The minimum Gasteiger partial charge on any atom is -0.348 e. The predicted molar refractivity (Wildman–Crippen MR) is 105 cm³/mol. The number of sulfonamides is 1. The van der Waals surface area contributed by atoms with Gasteiger partial charge in [0.2, 0.25) is 10.0 Å². The lowest BCUT2D eigenvalue weighted by Crippen LogP contribution is -2.39. The smallest absolute Gasteiger partial charge is 0.272 e. The van der Waals surface area contributed by atoms with Crippen molar-refractivity contribution >= 4 is 21.4 Å². The molecule has 1 saturated heterocycles. The van der Waals surface area contributed by atoms with Crippen molar-refractivity contribution < 1.29 is 13.2 Å². The number of carbonyl (C=O) groups excluding carboxylic acids is 1. The van der Waals surface area contributed by atoms with Gasteiger partial charge < -0.3 is 9.72 Å². The molecule has 8 heteroatoms. The molecule has 2 aromatic heterocycles. The van der Waals surface area contributed by atoms with E-state index in [0.29, 0.717) is 24.7 Å². The molecule has 0 aliphatic carbocycles. The highest BCUT2D eigenvalue weighted by molar-refractivity contribution is 7.88. The number of carbonyl (C=O) groups is 1. The number of amides is 1. The van der Waals surface area contributed by atoms with Crippen LogP contribution in [0, 0.1) is 5.92 Å². The maximum Gasteiger partial charge on any atom is 0.272 e. The molecule has 0 unspecified atom stereocenters. The summed E-state index contributed by atoms with van der Waals surface area (Å²) in [5.74, 6) is 0.847. The monoisotopic (exact) mass is 392 g/mol. The standard InChI is InChI=1S/C19H28N4O3S/c1-13(2)14(3)20-19(24)17-16-9-5-6-11-23(16)18(21-17)15-8-7-10-22(12-15)27(4,25)26/h5-6,9,11,13-15H,7-8,10,12H2,1-4H3,(H,20,24)/t14-,15-/m0/s1. The fraction of sp³-hybridized carbons (Fsp3) is 0.579. The Kier molecular flexibility index (Phi) is 5.58.